The SMILES string of the molecule is COc1ccc(C2C(CNC(N)=NCC(C)C)CCCN2C)cc1.I. The first-order chi connectivity index (χ1) is 11.5. The van der Waals surface area contributed by atoms with Crippen LogP contribution in [0.25, 0.3) is 0 Å². The molecule has 0 aromatic heterocycles. The number of guanidine groups is 1. The monoisotopic (exact) mass is 460 g/mol. The number of benzene rings is 1. The van der Waals surface area contributed by atoms with Crippen molar-refractivity contribution >= 4 is 29.9 Å². The molecule has 0 radical (unpaired) electrons. The fourth-order valence-electron chi connectivity index (χ4n) is 3.37. The third-order valence-corrected chi connectivity index (χ3v) is 4.64. The van der Waals surface area contributed by atoms with Gasteiger partial charge in [0.15, 0.2) is 5.96 Å². The number of rotatable bonds is 6. The zero-order valence-corrected chi connectivity index (χ0v) is 18.2. The number of piperidine rings is 1. The topological polar surface area (TPSA) is 62.9 Å². The number of ether oxygens (including phenoxy) is 1. The summed E-state index contributed by atoms with van der Waals surface area (Å²) in [5.74, 6) is 2.51. The first-order valence-electron chi connectivity index (χ1n) is 8.89. The standard InChI is InChI=1S/C19H32N4O.HI/c1-14(2)12-21-19(20)22-13-16-6-5-11-23(3)18(16)15-7-9-17(24-4)10-8-15;/h7-10,14,16,18H,5-6,11-13H2,1-4H3,(H3,20,21,22);1H. The lowest BCUT2D eigenvalue weighted by Gasteiger charge is -2.39. The van der Waals surface area contributed by atoms with Crippen LogP contribution >= 0.6 is 24.0 Å². The van der Waals surface area contributed by atoms with Crippen molar-refractivity contribution in [3.8, 4) is 5.75 Å². The van der Waals surface area contributed by atoms with E-state index in [-0.39, 0.29) is 24.0 Å². The summed E-state index contributed by atoms with van der Waals surface area (Å²) in [6.45, 7) is 7.04. The second kappa shape index (κ2) is 10.9. The van der Waals surface area contributed by atoms with E-state index >= 15 is 0 Å². The number of hydrogen-bond donors (Lipinski definition) is 2. The number of nitrogens with two attached hydrogens (primary N) is 1. The van der Waals surface area contributed by atoms with Gasteiger partial charge in [-0.05, 0) is 56.0 Å². The molecule has 2 atom stereocenters. The molecule has 2 rings (SSSR count). The Morgan fingerprint density at radius 1 is 1.36 bits per heavy atom. The Labute approximate surface area is 169 Å². The number of halogens is 1. The smallest absolute Gasteiger partial charge is 0.188 e. The van der Waals surface area contributed by atoms with Crippen LogP contribution < -0.4 is 15.8 Å². The van der Waals surface area contributed by atoms with Gasteiger partial charge in [0, 0.05) is 19.1 Å². The molecule has 1 fully saturated rings. The molecular weight excluding hydrogens is 427 g/mol. The fraction of sp³-hybridized carbons (Fsp3) is 0.632. The summed E-state index contributed by atoms with van der Waals surface area (Å²) in [4.78, 5) is 6.84. The van der Waals surface area contributed by atoms with Gasteiger partial charge in [0.2, 0.25) is 0 Å². The molecule has 0 saturated carbocycles. The highest BCUT2D eigenvalue weighted by Crippen LogP contribution is 2.35. The van der Waals surface area contributed by atoms with Crippen molar-refractivity contribution in [2.24, 2.45) is 22.6 Å². The van der Waals surface area contributed by atoms with Gasteiger partial charge in [0.25, 0.3) is 0 Å². The van der Waals surface area contributed by atoms with E-state index in [1.54, 1.807) is 7.11 Å². The molecule has 0 bridgehead atoms. The molecule has 142 valence electrons. The number of methoxy groups -OCH3 is 1. The van der Waals surface area contributed by atoms with E-state index in [1.165, 1.54) is 18.4 Å². The highest BCUT2D eigenvalue weighted by molar-refractivity contribution is 14.0. The van der Waals surface area contributed by atoms with Crippen LogP contribution in [0.15, 0.2) is 29.3 Å². The van der Waals surface area contributed by atoms with Crippen LogP contribution in [0.5, 0.6) is 5.75 Å². The van der Waals surface area contributed by atoms with Crippen molar-refractivity contribution in [1.82, 2.24) is 10.2 Å². The molecule has 1 aliphatic rings. The summed E-state index contributed by atoms with van der Waals surface area (Å²) in [7, 11) is 3.91. The average Bonchev–Trinajstić information content (AvgIpc) is 2.58. The maximum absolute atomic E-state index is 6.00. The number of nitrogens with zero attached hydrogens (tertiary/aromatic N) is 2. The van der Waals surface area contributed by atoms with E-state index < -0.39 is 0 Å². The zero-order valence-electron chi connectivity index (χ0n) is 15.9. The van der Waals surface area contributed by atoms with Crippen molar-refractivity contribution < 1.29 is 4.74 Å². The van der Waals surface area contributed by atoms with Crippen LogP contribution in [-0.4, -0.2) is 44.7 Å². The average molecular weight is 460 g/mol. The van der Waals surface area contributed by atoms with E-state index in [0.717, 1.165) is 25.4 Å². The van der Waals surface area contributed by atoms with E-state index in [1.807, 2.05) is 12.1 Å². The van der Waals surface area contributed by atoms with Gasteiger partial charge >= 0.3 is 0 Å². The Bertz CT molecular complexity index is 533. The van der Waals surface area contributed by atoms with E-state index in [2.05, 4.69) is 48.2 Å². The lowest BCUT2D eigenvalue weighted by molar-refractivity contribution is 0.122. The molecule has 1 saturated heterocycles. The van der Waals surface area contributed by atoms with Crippen LogP contribution in [0.1, 0.15) is 38.3 Å². The molecule has 1 aromatic carbocycles. The van der Waals surface area contributed by atoms with Gasteiger partial charge in [-0.3, -0.25) is 9.89 Å². The van der Waals surface area contributed by atoms with Crippen LogP contribution in [-0.2, 0) is 0 Å². The zero-order chi connectivity index (χ0) is 17.5. The van der Waals surface area contributed by atoms with Crippen molar-refractivity contribution in [1.29, 1.82) is 0 Å². The molecule has 1 aromatic rings. The van der Waals surface area contributed by atoms with Gasteiger partial charge in [0.05, 0.1) is 7.11 Å². The Morgan fingerprint density at radius 2 is 2.04 bits per heavy atom. The predicted molar refractivity (Wildman–Crippen MR) is 116 cm³/mol. The summed E-state index contributed by atoms with van der Waals surface area (Å²) in [5.41, 5.74) is 7.34. The van der Waals surface area contributed by atoms with E-state index in [9.17, 15) is 0 Å². The van der Waals surface area contributed by atoms with Gasteiger partial charge < -0.3 is 15.8 Å². The molecule has 0 spiro atoms. The largest absolute Gasteiger partial charge is 0.497 e. The lowest BCUT2D eigenvalue weighted by Crippen LogP contribution is -2.43. The van der Waals surface area contributed by atoms with Crippen LogP contribution in [0, 0.1) is 11.8 Å². The molecule has 0 aliphatic carbocycles. The second-order valence-corrected chi connectivity index (χ2v) is 7.10. The van der Waals surface area contributed by atoms with Gasteiger partial charge in [0.1, 0.15) is 5.75 Å². The molecule has 6 heteroatoms. The van der Waals surface area contributed by atoms with Gasteiger partial charge in [-0.1, -0.05) is 26.0 Å². The minimum absolute atomic E-state index is 0. The quantitative estimate of drug-likeness (QED) is 0.389. The summed E-state index contributed by atoms with van der Waals surface area (Å²) >= 11 is 0. The minimum Gasteiger partial charge on any atom is -0.497 e. The van der Waals surface area contributed by atoms with Gasteiger partial charge in [-0.25, -0.2) is 0 Å². The Kier molecular flexibility index (Phi) is 9.56. The summed E-state index contributed by atoms with van der Waals surface area (Å²) in [5, 5.41) is 3.33. The van der Waals surface area contributed by atoms with Crippen molar-refractivity contribution in [3.05, 3.63) is 29.8 Å². The minimum atomic E-state index is 0. The highest BCUT2D eigenvalue weighted by Gasteiger charge is 2.30. The number of nitrogens with one attached hydrogen (secondary N) is 1. The van der Waals surface area contributed by atoms with Crippen molar-refractivity contribution in [3.63, 3.8) is 0 Å². The van der Waals surface area contributed by atoms with E-state index in [0.29, 0.717) is 23.8 Å². The maximum atomic E-state index is 6.00. The third-order valence-electron chi connectivity index (χ3n) is 4.64. The van der Waals surface area contributed by atoms with Crippen LogP contribution in [0.4, 0.5) is 0 Å². The molecule has 2 unspecified atom stereocenters. The third kappa shape index (κ3) is 6.66. The summed E-state index contributed by atoms with van der Waals surface area (Å²) in [6, 6.07) is 8.83. The first kappa shape index (κ1) is 22.0. The van der Waals surface area contributed by atoms with E-state index in [4.69, 9.17) is 10.5 Å². The first-order valence-corrected chi connectivity index (χ1v) is 8.89. The Balaban J connectivity index is 0.00000312. The molecule has 3 N–H and O–H groups in total. The Hall–Kier alpha value is -1.02. The molecule has 1 heterocycles. The fourth-order valence-corrected chi connectivity index (χ4v) is 3.37. The summed E-state index contributed by atoms with van der Waals surface area (Å²) < 4.78 is 5.28. The molecule has 1 aliphatic heterocycles. The van der Waals surface area contributed by atoms with Crippen LogP contribution in [0.3, 0.4) is 0 Å². The number of aliphatic imine (C=N–C) groups is 1. The highest BCUT2D eigenvalue weighted by atomic mass is 127. The second-order valence-electron chi connectivity index (χ2n) is 7.10. The number of hydrogen-bond acceptors (Lipinski definition) is 3. The Morgan fingerprint density at radius 3 is 2.64 bits per heavy atom. The van der Waals surface area contributed by atoms with Gasteiger partial charge in [-0.2, -0.15) is 0 Å². The van der Waals surface area contributed by atoms with Gasteiger partial charge in [-0.15, -0.1) is 24.0 Å². The lowest BCUT2D eigenvalue weighted by atomic mass is 9.85. The number of likely N-dealkylation sites (tertiary alicyclic amines) is 1. The predicted octanol–water partition coefficient (Wildman–Crippen LogP) is 3.26. The molecule has 0 amide bonds. The maximum Gasteiger partial charge on any atom is 0.188 e. The molecule has 25 heavy (non-hydrogen) atoms. The molecular formula is C19H33IN4O. The van der Waals surface area contributed by atoms with Crippen molar-refractivity contribution in [2.75, 3.05) is 33.8 Å². The molecule has 5 nitrogen and oxygen atoms in total. The van der Waals surface area contributed by atoms with Crippen LogP contribution in [0.2, 0.25) is 0 Å². The normalized spacial score (nSPS) is 21.7. The summed E-state index contributed by atoms with van der Waals surface area (Å²) in [6.07, 6.45) is 2.42. The van der Waals surface area contributed by atoms with Crippen molar-refractivity contribution in [2.45, 2.75) is 32.7 Å².